The Hall–Kier alpha value is -1.83. The monoisotopic (exact) mass is 277 g/mol. The molecule has 0 aromatic rings. The topological polar surface area (TPSA) is 73.2 Å². The zero-order valence-electron chi connectivity index (χ0n) is 12.5. The number of piperidine rings is 1. The Bertz CT molecular complexity index is 421. The third-order valence-electron chi connectivity index (χ3n) is 3.14. The number of allylic oxidation sites excluding steroid dienone is 1. The highest BCUT2D eigenvalue weighted by Gasteiger charge is 2.22. The molecule has 0 unspecified atom stereocenters. The smallest absolute Gasteiger partial charge is 0.246 e. The minimum atomic E-state index is -0.232. The van der Waals surface area contributed by atoms with Gasteiger partial charge in [-0.3, -0.25) is 9.59 Å². The third kappa shape index (κ3) is 5.87. The summed E-state index contributed by atoms with van der Waals surface area (Å²) in [6.45, 7) is 7.44. The maximum absolute atomic E-state index is 12.0. The molecule has 0 atom stereocenters. The maximum Gasteiger partial charge on any atom is 0.246 e. The number of nitriles is 1. The van der Waals surface area contributed by atoms with E-state index in [4.69, 9.17) is 5.26 Å². The number of rotatable bonds is 3. The van der Waals surface area contributed by atoms with E-state index in [0.29, 0.717) is 13.1 Å². The number of hydrogen-bond acceptors (Lipinski definition) is 3. The van der Waals surface area contributed by atoms with Crippen LogP contribution < -0.4 is 5.32 Å². The molecule has 0 saturated carbocycles. The van der Waals surface area contributed by atoms with Crippen LogP contribution in [-0.4, -0.2) is 35.8 Å². The second-order valence-corrected chi connectivity index (χ2v) is 6.20. The summed E-state index contributed by atoms with van der Waals surface area (Å²) in [7, 11) is 0. The molecule has 1 heterocycles. The molecule has 0 bridgehead atoms. The first-order valence-corrected chi connectivity index (χ1v) is 6.96. The fourth-order valence-corrected chi connectivity index (χ4v) is 2.02. The Labute approximate surface area is 120 Å². The summed E-state index contributed by atoms with van der Waals surface area (Å²) >= 11 is 0. The number of carbonyl (C=O) groups excluding carboxylic acids is 2. The van der Waals surface area contributed by atoms with Crippen molar-refractivity contribution in [1.29, 1.82) is 5.26 Å². The van der Waals surface area contributed by atoms with Gasteiger partial charge in [-0.15, -0.1) is 0 Å². The van der Waals surface area contributed by atoms with Crippen molar-refractivity contribution in [1.82, 2.24) is 10.2 Å². The van der Waals surface area contributed by atoms with Crippen molar-refractivity contribution in [3.8, 4) is 6.07 Å². The number of carbonyl (C=O) groups is 2. The Morgan fingerprint density at radius 2 is 1.95 bits per heavy atom. The molecule has 5 heteroatoms. The van der Waals surface area contributed by atoms with Crippen LogP contribution in [0.3, 0.4) is 0 Å². The summed E-state index contributed by atoms with van der Waals surface area (Å²) in [6.07, 6.45) is 4.93. The van der Waals surface area contributed by atoms with E-state index in [1.165, 1.54) is 0 Å². The van der Waals surface area contributed by atoms with E-state index < -0.39 is 0 Å². The van der Waals surface area contributed by atoms with Crippen LogP contribution in [-0.2, 0) is 9.59 Å². The third-order valence-corrected chi connectivity index (χ3v) is 3.14. The van der Waals surface area contributed by atoms with Gasteiger partial charge in [0.05, 0.1) is 6.07 Å². The van der Waals surface area contributed by atoms with Gasteiger partial charge in [0, 0.05) is 19.1 Å². The van der Waals surface area contributed by atoms with E-state index in [0.717, 1.165) is 12.8 Å². The molecule has 110 valence electrons. The van der Waals surface area contributed by atoms with Crippen molar-refractivity contribution in [3.63, 3.8) is 0 Å². The molecule has 20 heavy (non-hydrogen) atoms. The van der Waals surface area contributed by atoms with Gasteiger partial charge in [0.2, 0.25) is 11.8 Å². The number of hydrogen-bond donors (Lipinski definition) is 1. The van der Waals surface area contributed by atoms with Gasteiger partial charge in [-0.05, 0) is 24.3 Å². The van der Waals surface area contributed by atoms with Crippen molar-refractivity contribution in [2.75, 3.05) is 13.1 Å². The highest BCUT2D eigenvalue weighted by atomic mass is 16.2. The normalized spacial score (nSPS) is 17.0. The minimum absolute atomic E-state index is 0.000743. The van der Waals surface area contributed by atoms with E-state index in [2.05, 4.69) is 5.32 Å². The largest absolute Gasteiger partial charge is 0.352 e. The van der Waals surface area contributed by atoms with Gasteiger partial charge >= 0.3 is 0 Å². The van der Waals surface area contributed by atoms with Crippen LogP contribution in [0.4, 0.5) is 0 Å². The van der Waals surface area contributed by atoms with Crippen LogP contribution in [0.2, 0.25) is 0 Å². The van der Waals surface area contributed by atoms with Crippen LogP contribution in [0.15, 0.2) is 12.2 Å². The van der Waals surface area contributed by atoms with E-state index in [9.17, 15) is 9.59 Å². The van der Waals surface area contributed by atoms with Gasteiger partial charge < -0.3 is 10.2 Å². The predicted molar refractivity (Wildman–Crippen MR) is 76.6 cm³/mol. The molecule has 1 aliphatic rings. The Morgan fingerprint density at radius 3 is 2.45 bits per heavy atom. The second-order valence-electron chi connectivity index (χ2n) is 6.20. The lowest BCUT2D eigenvalue weighted by Gasteiger charge is -2.31. The van der Waals surface area contributed by atoms with E-state index in [-0.39, 0.29) is 29.7 Å². The van der Waals surface area contributed by atoms with Crippen molar-refractivity contribution >= 4 is 11.8 Å². The predicted octanol–water partition coefficient (Wildman–Crippen LogP) is 1.61. The van der Waals surface area contributed by atoms with Gasteiger partial charge in [-0.1, -0.05) is 26.8 Å². The molecule has 2 amide bonds. The fourth-order valence-electron chi connectivity index (χ4n) is 2.02. The number of amides is 2. The Morgan fingerprint density at radius 1 is 1.35 bits per heavy atom. The molecule has 0 aliphatic carbocycles. The van der Waals surface area contributed by atoms with Crippen LogP contribution in [0.1, 0.15) is 40.0 Å². The summed E-state index contributed by atoms with van der Waals surface area (Å²) in [4.78, 5) is 25.1. The van der Waals surface area contributed by atoms with Gasteiger partial charge in [-0.25, -0.2) is 0 Å². The zero-order valence-corrected chi connectivity index (χ0v) is 12.5. The van der Waals surface area contributed by atoms with Crippen molar-refractivity contribution in [2.24, 2.45) is 5.41 Å². The fraction of sp³-hybridized carbons (Fsp3) is 0.667. The number of nitrogens with one attached hydrogen (secondary N) is 1. The highest BCUT2D eigenvalue weighted by Crippen LogP contribution is 2.16. The van der Waals surface area contributed by atoms with Gasteiger partial charge in [-0.2, -0.15) is 5.26 Å². The second kappa shape index (κ2) is 7.09. The molecule has 5 nitrogen and oxygen atoms in total. The lowest BCUT2D eigenvalue weighted by molar-refractivity contribution is -0.127. The van der Waals surface area contributed by atoms with Gasteiger partial charge in [0.15, 0.2) is 0 Å². The number of nitrogens with zero attached hydrogens (tertiary/aromatic N) is 2. The van der Waals surface area contributed by atoms with Crippen LogP contribution in [0, 0.1) is 16.7 Å². The summed E-state index contributed by atoms with van der Waals surface area (Å²) in [5.41, 5.74) is -0.000743. The molecule has 1 fully saturated rings. The van der Waals surface area contributed by atoms with Gasteiger partial charge in [0.1, 0.15) is 6.42 Å². The summed E-state index contributed by atoms with van der Waals surface area (Å²) in [6, 6.07) is 1.90. The molecule has 0 aromatic carbocycles. The summed E-state index contributed by atoms with van der Waals surface area (Å²) < 4.78 is 0. The average molecular weight is 277 g/mol. The van der Waals surface area contributed by atoms with Crippen LogP contribution >= 0.6 is 0 Å². The lowest BCUT2D eigenvalue weighted by atomic mass is 9.96. The quantitative estimate of drug-likeness (QED) is 0.796. The molecule has 1 saturated heterocycles. The first-order chi connectivity index (χ1) is 9.31. The standard InChI is InChI=1S/C15H23N3O2/c1-15(2,3)8-4-14(20)18-10-6-12(7-11-18)17-13(19)5-9-16/h4,8,12H,5-7,10-11H2,1-3H3,(H,17,19)/b8-4+. The molecule has 0 aromatic heterocycles. The SMILES string of the molecule is CC(C)(C)/C=C/C(=O)N1CCC(NC(=O)CC#N)CC1. The minimum Gasteiger partial charge on any atom is -0.352 e. The van der Waals surface area contributed by atoms with Crippen LogP contribution in [0.5, 0.6) is 0 Å². The van der Waals surface area contributed by atoms with Crippen molar-refractivity contribution in [3.05, 3.63) is 12.2 Å². The van der Waals surface area contributed by atoms with Crippen molar-refractivity contribution < 1.29 is 9.59 Å². The average Bonchev–Trinajstić information content (AvgIpc) is 2.36. The lowest BCUT2D eigenvalue weighted by Crippen LogP contribution is -2.46. The molecule has 1 rings (SSSR count). The molecule has 1 aliphatic heterocycles. The van der Waals surface area contributed by atoms with Crippen molar-refractivity contribution in [2.45, 2.75) is 46.1 Å². The Balaban J connectivity index is 2.39. The maximum atomic E-state index is 12.0. The summed E-state index contributed by atoms with van der Waals surface area (Å²) in [5, 5.41) is 11.3. The Kier molecular flexibility index (Phi) is 5.75. The molecule has 0 spiro atoms. The molecular weight excluding hydrogens is 254 g/mol. The molecule has 1 N–H and O–H groups in total. The zero-order chi connectivity index (χ0) is 15.2. The molecule has 0 radical (unpaired) electrons. The first-order valence-electron chi connectivity index (χ1n) is 6.96. The summed E-state index contributed by atoms with van der Waals surface area (Å²) in [5.74, 6) is -0.202. The number of likely N-dealkylation sites (tertiary alicyclic amines) is 1. The van der Waals surface area contributed by atoms with E-state index >= 15 is 0 Å². The molecular formula is C15H23N3O2. The first kappa shape index (κ1) is 16.2. The van der Waals surface area contributed by atoms with E-state index in [1.807, 2.05) is 32.9 Å². The van der Waals surface area contributed by atoms with Crippen LogP contribution in [0.25, 0.3) is 0 Å². The van der Waals surface area contributed by atoms with E-state index in [1.54, 1.807) is 11.0 Å². The highest BCUT2D eigenvalue weighted by molar-refractivity contribution is 5.87. The van der Waals surface area contributed by atoms with Gasteiger partial charge in [0.25, 0.3) is 0 Å².